The molecule has 0 aliphatic rings. The number of nitro groups is 1. The number of hydrogen-bond acceptors (Lipinski definition) is 6. The highest BCUT2D eigenvalue weighted by Crippen LogP contribution is 2.23. The zero-order valence-electron chi connectivity index (χ0n) is 17.1. The van der Waals surface area contributed by atoms with Crippen LogP contribution >= 0.6 is 0 Å². The van der Waals surface area contributed by atoms with Gasteiger partial charge in [-0.25, -0.2) is 9.18 Å². The largest absolute Gasteiger partial charge is 0.388 e. The Hall–Kier alpha value is -4.12. The second kappa shape index (κ2) is 7.85. The van der Waals surface area contributed by atoms with E-state index < -0.39 is 34.3 Å². The van der Waals surface area contributed by atoms with Crippen molar-refractivity contribution in [2.75, 3.05) is 0 Å². The van der Waals surface area contributed by atoms with E-state index in [-0.39, 0.29) is 16.9 Å². The van der Waals surface area contributed by atoms with Crippen molar-refractivity contribution in [2.45, 2.75) is 27.0 Å². The summed E-state index contributed by atoms with van der Waals surface area (Å²) >= 11 is 0. The van der Waals surface area contributed by atoms with E-state index in [0.717, 1.165) is 21.4 Å². The first-order valence-corrected chi connectivity index (χ1v) is 9.67. The Morgan fingerprint density at radius 1 is 1.16 bits per heavy atom. The third-order valence-corrected chi connectivity index (χ3v) is 5.24. The second-order valence-electron chi connectivity index (χ2n) is 7.12. The van der Waals surface area contributed by atoms with Crippen molar-refractivity contribution in [1.29, 1.82) is 0 Å². The van der Waals surface area contributed by atoms with Gasteiger partial charge in [-0.1, -0.05) is 0 Å². The van der Waals surface area contributed by atoms with E-state index in [9.17, 15) is 29.2 Å². The van der Waals surface area contributed by atoms with E-state index in [4.69, 9.17) is 0 Å². The monoisotopic (exact) mass is 439 g/mol. The second-order valence-corrected chi connectivity index (χ2v) is 7.12. The lowest BCUT2D eigenvalue weighted by Crippen LogP contribution is -2.24. The first-order valence-electron chi connectivity index (χ1n) is 9.67. The number of aliphatic hydroxyl groups is 1. The lowest BCUT2D eigenvalue weighted by Gasteiger charge is -2.12. The minimum Gasteiger partial charge on any atom is -0.388 e. The summed E-state index contributed by atoms with van der Waals surface area (Å²) in [5, 5.41) is 25.3. The molecule has 4 aromatic rings. The smallest absolute Gasteiger partial charge is 0.350 e. The minimum absolute atomic E-state index is 0.111. The van der Waals surface area contributed by atoms with Gasteiger partial charge in [0.15, 0.2) is 11.6 Å². The Morgan fingerprint density at radius 2 is 1.91 bits per heavy atom. The minimum atomic E-state index is -0.898. The van der Waals surface area contributed by atoms with E-state index in [1.807, 2.05) is 0 Å². The van der Waals surface area contributed by atoms with Crippen LogP contribution in [0.4, 0.5) is 10.1 Å². The number of aryl methyl sites for hydroxylation is 1. The molecular weight excluding hydrogens is 421 g/mol. The molecule has 10 nitrogen and oxygen atoms in total. The van der Waals surface area contributed by atoms with Gasteiger partial charge in [0.2, 0.25) is 0 Å². The van der Waals surface area contributed by atoms with Gasteiger partial charge in [-0.3, -0.25) is 24.0 Å². The van der Waals surface area contributed by atoms with E-state index >= 15 is 0 Å². The van der Waals surface area contributed by atoms with Crippen molar-refractivity contribution in [3.63, 3.8) is 0 Å². The SMILES string of the molecule is CCn1c(CO)nn(-c2ccc3c(=O)n(-c4ccc([N+](=O)[O-])cc4F)cc(C)c3c2)c1=O. The summed E-state index contributed by atoms with van der Waals surface area (Å²) < 4.78 is 18.1. The number of nitrogens with zero attached hydrogens (tertiary/aromatic N) is 5. The molecule has 0 unspecified atom stereocenters. The van der Waals surface area contributed by atoms with Crippen LogP contribution in [0.25, 0.3) is 22.1 Å². The highest BCUT2D eigenvalue weighted by atomic mass is 19.1. The van der Waals surface area contributed by atoms with Crippen molar-refractivity contribution < 1.29 is 14.4 Å². The first kappa shape index (κ1) is 21.1. The molecule has 0 radical (unpaired) electrons. The molecule has 2 aromatic carbocycles. The Labute approximate surface area is 179 Å². The molecule has 0 saturated heterocycles. The zero-order chi connectivity index (χ0) is 23.2. The third kappa shape index (κ3) is 3.28. The van der Waals surface area contributed by atoms with Crippen LogP contribution in [0.15, 0.2) is 52.2 Å². The van der Waals surface area contributed by atoms with Gasteiger partial charge < -0.3 is 5.11 Å². The fourth-order valence-corrected chi connectivity index (χ4v) is 3.65. The molecular formula is C21H18FN5O5. The quantitative estimate of drug-likeness (QED) is 0.375. The summed E-state index contributed by atoms with van der Waals surface area (Å²) in [5.41, 5.74) is -0.446. The van der Waals surface area contributed by atoms with Crippen LogP contribution < -0.4 is 11.2 Å². The summed E-state index contributed by atoms with van der Waals surface area (Å²) in [4.78, 5) is 35.8. The van der Waals surface area contributed by atoms with Crippen LogP contribution in [-0.2, 0) is 13.2 Å². The number of rotatable bonds is 5. The number of hydrogen-bond donors (Lipinski definition) is 1. The van der Waals surface area contributed by atoms with Gasteiger partial charge in [-0.05, 0) is 49.1 Å². The molecule has 0 saturated carbocycles. The maximum absolute atomic E-state index is 14.5. The van der Waals surface area contributed by atoms with Crippen molar-refractivity contribution in [1.82, 2.24) is 18.9 Å². The van der Waals surface area contributed by atoms with E-state index in [1.165, 1.54) is 29.0 Å². The Kier molecular flexibility index (Phi) is 5.18. The van der Waals surface area contributed by atoms with Gasteiger partial charge in [0.1, 0.15) is 6.61 Å². The lowest BCUT2D eigenvalue weighted by molar-refractivity contribution is -0.385. The molecule has 0 spiro atoms. The number of aliphatic hydroxyl groups excluding tert-OH is 1. The van der Waals surface area contributed by atoms with Gasteiger partial charge in [0.25, 0.3) is 11.2 Å². The molecule has 2 heterocycles. The average molecular weight is 439 g/mol. The third-order valence-electron chi connectivity index (χ3n) is 5.24. The van der Waals surface area contributed by atoms with Gasteiger partial charge in [0.05, 0.1) is 22.4 Å². The summed E-state index contributed by atoms with van der Waals surface area (Å²) in [6.45, 7) is 3.43. The van der Waals surface area contributed by atoms with Crippen molar-refractivity contribution in [3.8, 4) is 11.4 Å². The molecule has 4 rings (SSSR count). The van der Waals surface area contributed by atoms with E-state index in [1.54, 1.807) is 19.9 Å². The Morgan fingerprint density at radius 3 is 2.50 bits per heavy atom. The predicted octanol–water partition coefficient (Wildman–Crippen LogP) is 2.21. The predicted molar refractivity (Wildman–Crippen MR) is 114 cm³/mol. The fraction of sp³-hybridized carbons (Fsp3) is 0.190. The van der Waals surface area contributed by atoms with E-state index in [2.05, 4.69) is 5.10 Å². The van der Waals surface area contributed by atoms with Gasteiger partial charge in [-0.2, -0.15) is 4.68 Å². The average Bonchev–Trinajstić information content (AvgIpc) is 3.11. The molecule has 0 atom stereocenters. The van der Waals surface area contributed by atoms with Gasteiger partial charge >= 0.3 is 5.69 Å². The number of nitro benzene ring substituents is 1. The van der Waals surface area contributed by atoms with Crippen LogP contribution in [0.5, 0.6) is 0 Å². The summed E-state index contributed by atoms with van der Waals surface area (Å²) in [7, 11) is 0. The molecule has 0 bridgehead atoms. The number of fused-ring (bicyclic) bond motifs is 1. The molecule has 32 heavy (non-hydrogen) atoms. The van der Waals surface area contributed by atoms with Crippen LogP contribution in [0.2, 0.25) is 0 Å². The number of aromatic nitrogens is 4. The van der Waals surface area contributed by atoms with Crippen LogP contribution in [-0.4, -0.2) is 28.9 Å². The molecule has 0 aliphatic heterocycles. The van der Waals surface area contributed by atoms with Gasteiger partial charge in [0, 0.05) is 24.2 Å². The maximum atomic E-state index is 14.5. The lowest BCUT2D eigenvalue weighted by atomic mass is 10.1. The number of pyridine rings is 1. The van der Waals surface area contributed by atoms with Crippen LogP contribution in [0.3, 0.4) is 0 Å². The highest BCUT2D eigenvalue weighted by Gasteiger charge is 2.17. The molecule has 0 fully saturated rings. The summed E-state index contributed by atoms with van der Waals surface area (Å²) in [5.74, 6) is -0.678. The van der Waals surface area contributed by atoms with Gasteiger partial charge in [-0.15, -0.1) is 5.10 Å². The fourth-order valence-electron chi connectivity index (χ4n) is 3.65. The molecule has 11 heteroatoms. The molecule has 2 aromatic heterocycles. The first-order chi connectivity index (χ1) is 15.3. The maximum Gasteiger partial charge on any atom is 0.350 e. The highest BCUT2D eigenvalue weighted by molar-refractivity contribution is 5.86. The number of halogens is 1. The van der Waals surface area contributed by atoms with Crippen molar-refractivity contribution >= 4 is 16.5 Å². The summed E-state index contributed by atoms with van der Waals surface area (Å²) in [6.07, 6.45) is 1.44. The standard InChI is InChI=1S/C21H18FN5O5/c1-3-24-19(11-28)23-26(21(24)30)13-4-6-15-16(8-13)12(2)10-25(20(15)29)18-7-5-14(27(31)32)9-17(18)22/h4-10,28H,3,11H2,1-2H3. The Bertz CT molecular complexity index is 1500. The molecule has 0 amide bonds. The van der Waals surface area contributed by atoms with Crippen molar-refractivity contribution in [2.24, 2.45) is 0 Å². The Balaban J connectivity index is 1.89. The molecule has 164 valence electrons. The van der Waals surface area contributed by atoms with Crippen LogP contribution in [0.1, 0.15) is 18.3 Å². The van der Waals surface area contributed by atoms with E-state index in [0.29, 0.717) is 23.2 Å². The number of non-ortho nitro benzene ring substituents is 1. The normalized spacial score (nSPS) is 11.2. The van der Waals surface area contributed by atoms with Crippen LogP contribution in [0, 0.1) is 22.9 Å². The summed E-state index contributed by atoms with van der Waals surface area (Å²) in [6, 6.07) is 7.74. The number of benzene rings is 2. The zero-order valence-corrected chi connectivity index (χ0v) is 17.1. The molecule has 1 N–H and O–H groups in total. The molecule has 0 aliphatic carbocycles. The van der Waals surface area contributed by atoms with Crippen molar-refractivity contribution in [3.05, 3.63) is 90.8 Å². The topological polar surface area (TPSA) is 125 Å².